The Morgan fingerprint density at radius 3 is 2.53 bits per heavy atom. The van der Waals surface area contributed by atoms with Crippen molar-refractivity contribution in [2.24, 2.45) is 0 Å². The number of rotatable bonds is 7. The van der Waals surface area contributed by atoms with Crippen molar-refractivity contribution in [1.82, 2.24) is 24.9 Å². The number of hydrogen-bond acceptors (Lipinski definition) is 7. The maximum Gasteiger partial charge on any atom is 0.260 e. The van der Waals surface area contributed by atoms with Crippen molar-refractivity contribution in [3.05, 3.63) is 54.9 Å². The van der Waals surface area contributed by atoms with Gasteiger partial charge in [0.15, 0.2) is 23.9 Å². The fourth-order valence-corrected chi connectivity index (χ4v) is 3.27. The maximum absolute atomic E-state index is 12.5. The Balaban J connectivity index is 1.24. The topological polar surface area (TPSA) is 91.6 Å². The molecule has 1 fully saturated rings. The van der Waals surface area contributed by atoms with E-state index in [-0.39, 0.29) is 18.6 Å². The molecule has 9 nitrogen and oxygen atoms in total. The van der Waals surface area contributed by atoms with E-state index >= 15 is 0 Å². The van der Waals surface area contributed by atoms with Crippen LogP contribution in [-0.4, -0.2) is 63.7 Å². The van der Waals surface area contributed by atoms with E-state index in [1.54, 1.807) is 47.3 Å². The van der Waals surface area contributed by atoms with Crippen LogP contribution in [0, 0.1) is 0 Å². The molecule has 3 aromatic rings. The van der Waals surface area contributed by atoms with Crippen LogP contribution in [0.15, 0.2) is 54.9 Å². The molecule has 1 aromatic carbocycles. The molecule has 9 heteroatoms. The molecule has 4 rings (SSSR count). The SMILES string of the molecule is COc1ccccc1OCC(=O)N1CCC(Oc2ccc(-n3cccn3)nn2)CC1. The lowest BCUT2D eigenvalue weighted by atomic mass is 10.1. The van der Waals surface area contributed by atoms with Gasteiger partial charge in [0.2, 0.25) is 5.88 Å². The third-order valence-electron chi connectivity index (χ3n) is 4.87. The average Bonchev–Trinajstić information content (AvgIpc) is 3.34. The van der Waals surface area contributed by atoms with Crippen molar-refractivity contribution in [2.45, 2.75) is 18.9 Å². The van der Waals surface area contributed by atoms with E-state index in [1.807, 2.05) is 24.3 Å². The lowest BCUT2D eigenvalue weighted by molar-refractivity contribution is -0.135. The fourth-order valence-electron chi connectivity index (χ4n) is 3.27. The molecule has 3 heterocycles. The number of likely N-dealkylation sites (tertiary alicyclic amines) is 1. The smallest absolute Gasteiger partial charge is 0.260 e. The molecule has 0 spiro atoms. The molecule has 0 atom stereocenters. The zero-order valence-electron chi connectivity index (χ0n) is 16.7. The van der Waals surface area contributed by atoms with Gasteiger partial charge in [0.25, 0.3) is 5.91 Å². The van der Waals surface area contributed by atoms with Crippen LogP contribution in [0.4, 0.5) is 0 Å². The Bertz CT molecular complexity index is 954. The molecule has 156 valence electrons. The molecule has 1 aliphatic rings. The minimum absolute atomic E-state index is 0.00552. The van der Waals surface area contributed by atoms with Gasteiger partial charge in [-0.3, -0.25) is 4.79 Å². The molecule has 0 radical (unpaired) electrons. The number of para-hydroxylation sites is 2. The number of benzene rings is 1. The molecule has 0 aliphatic carbocycles. The largest absolute Gasteiger partial charge is 0.493 e. The molecule has 0 unspecified atom stereocenters. The summed E-state index contributed by atoms with van der Waals surface area (Å²) in [7, 11) is 1.57. The van der Waals surface area contributed by atoms with Crippen molar-refractivity contribution in [1.29, 1.82) is 0 Å². The molecule has 0 bridgehead atoms. The van der Waals surface area contributed by atoms with Gasteiger partial charge in [-0.1, -0.05) is 12.1 Å². The first-order valence-electron chi connectivity index (χ1n) is 9.77. The molecule has 1 aliphatic heterocycles. The van der Waals surface area contributed by atoms with Gasteiger partial charge >= 0.3 is 0 Å². The van der Waals surface area contributed by atoms with Crippen LogP contribution >= 0.6 is 0 Å². The summed E-state index contributed by atoms with van der Waals surface area (Å²) in [6.07, 6.45) is 4.93. The number of amides is 1. The van der Waals surface area contributed by atoms with Crippen LogP contribution in [0.2, 0.25) is 0 Å². The van der Waals surface area contributed by atoms with Crippen LogP contribution < -0.4 is 14.2 Å². The minimum atomic E-state index is -0.0530. The normalized spacial score (nSPS) is 14.4. The Hall–Kier alpha value is -3.62. The van der Waals surface area contributed by atoms with Crippen LogP contribution in [-0.2, 0) is 4.79 Å². The Labute approximate surface area is 174 Å². The number of carbonyl (C=O) groups excluding carboxylic acids is 1. The van der Waals surface area contributed by atoms with E-state index in [0.717, 1.165) is 12.8 Å². The number of ether oxygens (including phenoxy) is 3. The number of carbonyl (C=O) groups is 1. The summed E-state index contributed by atoms with van der Waals surface area (Å²) in [6.45, 7) is 1.20. The minimum Gasteiger partial charge on any atom is -0.493 e. The Morgan fingerprint density at radius 1 is 1.07 bits per heavy atom. The highest BCUT2D eigenvalue weighted by atomic mass is 16.5. The highest BCUT2D eigenvalue weighted by Crippen LogP contribution is 2.26. The second-order valence-electron chi connectivity index (χ2n) is 6.82. The van der Waals surface area contributed by atoms with E-state index in [4.69, 9.17) is 14.2 Å². The van der Waals surface area contributed by atoms with Crippen LogP contribution in [0.1, 0.15) is 12.8 Å². The van der Waals surface area contributed by atoms with E-state index in [2.05, 4.69) is 15.3 Å². The summed E-state index contributed by atoms with van der Waals surface area (Å²) in [5.74, 6) is 2.21. The lowest BCUT2D eigenvalue weighted by Gasteiger charge is -2.31. The highest BCUT2D eigenvalue weighted by molar-refractivity contribution is 5.78. The molecule has 30 heavy (non-hydrogen) atoms. The van der Waals surface area contributed by atoms with Crippen LogP contribution in [0.5, 0.6) is 17.4 Å². The maximum atomic E-state index is 12.5. The lowest BCUT2D eigenvalue weighted by Crippen LogP contribution is -2.43. The molecule has 2 aromatic heterocycles. The van der Waals surface area contributed by atoms with Gasteiger partial charge in [-0.2, -0.15) is 5.10 Å². The molecule has 1 amide bonds. The molecule has 0 saturated carbocycles. The highest BCUT2D eigenvalue weighted by Gasteiger charge is 2.24. The monoisotopic (exact) mass is 409 g/mol. The number of hydrogen-bond donors (Lipinski definition) is 0. The van der Waals surface area contributed by atoms with Gasteiger partial charge in [-0.25, -0.2) is 4.68 Å². The Morgan fingerprint density at radius 2 is 1.87 bits per heavy atom. The summed E-state index contributed by atoms with van der Waals surface area (Å²) in [5.41, 5.74) is 0. The quantitative estimate of drug-likeness (QED) is 0.590. The third-order valence-corrected chi connectivity index (χ3v) is 4.87. The molecular weight excluding hydrogens is 386 g/mol. The Kier molecular flexibility index (Phi) is 6.07. The van der Waals surface area contributed by atoms with Gasteiger partial charge in [0, 0.05) is 44.4 Å². The average molecular weight is 409 g/mol. The van der Waals surface area contributed by atoms with E-state index in [0.29, 0.717) is 36.3 Å². The predicted molar refractivity (Wildman–Crippen MR) is 108 cm³/mol. The first-order chi connectivity index (χ1) is 14.7. The van der Waals surface area contributed by atoms with Gasteiger partial charge < -0.3 is 19.1 Å². The second-order valence-corrected chi connectivity index (χ2v) is 6.82. The molecular formula is C21H23N5O4. The number of piperidine rings is 1. The predicted octanol–water partition coefficient (Wildman–Crippen LogP) is 2.12. The summed E-state index contributed by atoms with van der Waals surface area (Å²) in [5, 5.41) is 12.4. The summed E-state index contributed by atoms with van der Waals surface area (Å²) >= 11 is 0. The van der Waals surface area contributed by atoms with E-state index < -0.39 is 0 Å². The zero-order valence-corrected chi connectivity index (χ0v) is 16.7. The standard InChI is InChI=1S/C21H23N5O4/c1-28-17-5-2-3-6-18(17)29-15-21(27)25-13-9-16(10-14-25)30-20-8-7-19(23-24-20)26-12-4-11-22-26/h2-8,11-12,16H,9-10,13-15H2,1H3. The van der Waals surface area contributed by atoms with E-state index in [1.165, 1.54) is 0 Å². The summed E-state index contributed by atoms with van der Waals surface area (Å²) in [6, 6.07) is 12.7. The van der Waals surface area contributed by atoms with Crippen molar-refractivity contribution in [3.63, 3.8) is 0 Å². The zero-order chi connectivity index (χ0) is 20.8. The summed E-state index contributed by atoms with van der Waals surface area (Å²) in [4.78, 5) is 14.3. The third kappa shape index (κ3) is 4.68. The van der Waals surface area contributed by atoms with Crippen molar-refractivity contribution in [2.75, 3.05) is 26.8 Å². The van der Waals surface area contributed by atoms with Gasteiger partial charge in [-0.15, -0.1) is 10.2 Å². The van der Waals surface area contributed by atoms with Crippen molar-refractivity contribution in [3.8, 4) is 23.2 Å². The first-order valence-corrected chi connectivity index (χ1v) is 9.77. The summed E-state index contributed by atoms with van der Waals surface area (Å²) < 4.78 is 18.4. The van der Waals surface area contributed by atoms with Crippen molar-refractivity contribution < 1.29 is 19.0 Å². The first kappa shape index (κ1) is 19.7. The molecule has 1 saturated heterocycles. The van der Waals surface area contributed by atoms with Crippen LogP contribution in [0.3, 0.4) is 0 Å². The second kappa shape index (κ2) is 9.25. The van der Waals surface area contributed by atoms with Gasteiger partial charge in [0.1, 0.15) is 6.10 Å². The fraction of sp³-hybridized carbons (Fsp3) is 0.333. The van der Waals surface area contributed by atoms with Gasteiger partial charge in [0.05, 0.1) is 7.11 Å². The number of methoxy groups -OCH3 is 1. The number of nitrogens with zero attached hydrogens (tertiary/aromatic N) is 5. The molecule has 0 N–H and O–H groups in total. The van der Waals surface area contributed by atoms with Crippen molar-refractivity contribution >= 4 is 5.91 Å². The van der Waals surface area contributed by atoms with E-state index in [9.17, 15) is 4.79 Å². The van der Waals surface area contributed by atoms with Crippen LogP contribution in [0.25, 0.3) is 5.82 Å². The number of aromatic nitrogens is 4. The van der Waals surface area contributed by atoms with Gasteiger partial charge in [-0.05, 0) is 24.3 Å².